The molecule has 0 saturated heterocycles. The van der Waals surface area contributed by atoms with Crippen LogP contribution in [-0.4, -0.2) is 17.3 Å². The lowest BCUT2D eigenvalue weighted by Gasteiger charge is -2.08. The maximum Gasteiger partial charge on any atom is 0.280 e. The van der Waals surface area contributed by atoms with E-state index in [-0.39, 0.29) is 5.56 Å². The van der Waals surface area contributed by atoms with E-state index in [1.54, 1.807) is 13.3 Å². The minimum Gasteiger partial charge on any atom is -0.497 e. The standard InChI is InChI=1S/C12H12BrN3O2/c1-18-9-4-2-3-8(5-9)6-14-10-7-15-16-12(17)11(10)13/h2-5,7H,6H2,1H3,(H2,14,16,17). The predicted molar refractivity (Wildman–Crippen MR) is 72.9 cm³/mol. The van der Waals surface area contributed by atoms with E-state index in [1.807, 2.05) is 24.3 Å². The topological polar surface area (TPSA) is 67.0 Å². The summed E-state index contributed by atoms with van der Waals surface area (Å²) in [6.45, 7) is 0.584. The van der Waals surface area contributed by atoms with Gasteiger partial charge in [-0.25, -0.2) is 5.10 Å². The Labute approximate surface area is 112 Å². The van der Waals surface area contributed by atoms with Gasteiger partial charge in [0, 0.05) is 6.54 Å². The van der Waals surface area contributed by atoms with Crippen LogP contribution >= 0.6 is 15.9 Å². The highest BCUT2D eigenvalue weighted by Gasteiger charge is 2.04. The second kappa shape index (κ2) is 5.68. The molecule has 0 aliphatic rings. The van der Waals surface area contributed by atoms with Crippen LogP contribution in [0.5, 0.6) is 5.75 Å². The number of methoxy groups -OCH3 is 1. The third kappa shape index (κ3) is 2.89. The van der Waals surface area contributed by atoms with E-state index in [0.29, 0.717) is 16.7 Å². The lowest BCUT2D eigenvalue weighted by molar-refractivity contribution is 0.414. The monoisotopic (exact) mass is 309 g/mol. The molecule has 1 heterocycles. The van der Waals surface area contributed by atoms with Crippen molar-refractivity contribution in [3.8, 4) is 5.75 Å². The molecule has 0 bridgehead atoms. The fourth-order valence-electron chi connectivity index (χ4n) is 1.49. The Morgan fingerprint density at radius 2 is 2.33 bits per heavy atom. The number of nitrogens with zero attached hydrogens (tertiary/aromatic N) is 1. The number of anilines is 1. The first kappa shape index (κ1) is 12.6. The van der Waals surface area contributed by atoms with Gasteiger partial charge in [0.05, 0.1) is 19.0 Å². The summed E-state index contributed by atoms with van der Waals surface area (Å²) in [6, 6.07) is 7.71. The molecule has 2 aromatic rings. The molecule has 0 amide bonds. The summed E-state index contributed by atoms with van der Waals surface area (Å²) in [5, 5.41) is 9.22. The molecule has 5 nitrogen and oxygen atoms in total. The maximum absolute atomic E-state index is 11.3. The van der Waals surface area contributed by atoms with Gasteiger partial charge in [-0.15, -0.1) is 0 Å². The Morgan fingerprint density at radius 1 is 1.50 bits per heavy atom. The van der Waals surface area contributed by atoms with Gasteiger partial charge in [0.25, 0.3) is 5.56 Å². The molecule has 0 spiro atoms. The first-order valence-electron chi connectivity index (χ1n) is 5.30. The average molecular weight is 310 g/mol. The van der Waals surface area contributed by atoms with E-state index in [0.717, 1.165) is 11.3 Å². The van der Waals surface area contributed by atoms with Crippen molar-refractivity contribution in [3.63, 3.8) is 0 Å². The highest BCUT2D eigenvalue weighted by Crippen LogP contribution is 2.18. The van der Waals surface area contributed by atoms with E-state index in [9.17, 15) is 4.79 Å². The van der Waals surface area contributed by atoms with E-state index in [1.165, 1.54) is 0 Å². The molecule has 18 heavy (non-hydrogen) atoms. The van der Waals surface area contributed by atoms with Crippen molar-refractivity contribution in [2.24, 2.45) is 0 Å². The zero-order chi connectivity index (χ0) is 13.0. The van der Waals surface area contributed by atoms with Gasteiger partial charge < -0.3 is 10.1 Å². The summed E-state index contributed by atoms with van der Waals surface area (Å²) in [5.41, 5.74) is 1.45. The molecule has 94 valence electrons. The quantitative estimate of drug-likeness (QED) is 0.908. The summed E-state index contributed by atoms with van der Waals surface area (Å²) < 4.78 is 5.59. The molecule has 0 aliphatic carbocycles. The summed E-state index contributed by atoms with van der Waals surface area (Å²) in [4.78, 5) is 11.3. The fraction of sp³-hybridized carbons (Fsp3) is 0.167. The molecule has 0 radical (unpaired) electrons. The SMILES string of the molecule is COc1cccc(CNc2cn[nH]c(=O)c2Br)c1. The molecule has 6 heteroatoms. The van der Waals surface area contributed by atoms with Gasteiger partial charge in [-0.1, -0.05) is 12.1 Å². The smallest absolute Gasteiger partial charge is 0.280 e. The lowest BCUT2D eigenvalue weighted by Crippen LogP contribution is -2.12. The molecule has 2 N–H and O–H groups in total. The largest absolute Gasteiger partial charge is 0.497 e. The van der Waals surface area contributed by atoms with Gasteiger partial charge in [-0.05, 0) is 33.6 Å². The maximum atomic E-state index is 11.3. The van der Waals surface area contributed by atoms with E-state index in [4.69, 9.17) is 4.74 Å². The number of aromatic amines is 1. The van der Waals surface area contributed by atoms with Gasteiger partial charge in [0.2, 0.25) is 0 Å². The van der Waals surface area contributed by atoms with Crippen molar-refractivity contribution in [2.75, 3.05) is 12.4 Å². The fourth-order valence-corrected chi connectivity index (χ4v) is 1.82. The van der Waals surface area contributed by atoms with Crippen LogP contribution in [0.4, 0.5) is 5.69 Å². The van der Waals surface area contributed by atoms with Crippen LogP contribution in [0.3, 0.4) is 0 Å². The van der Waals surface area contributed by atoms with Crippen LogP contribution in [0.1, 0.15) is 5.56 Å². The summed E-state index contributed by atoms with van der Waals surface area (Å²) in [7, 11) is 1.63. The van der Waals surface area contributed by atoms with Gasteiger partial charge >= 0.3 is 0 Å². The third-order valence-electron chi connectivity index (χ3n) is 2.41. The normalized spacial score (nSPS) is 10.1. The molecule has 0 aliphatic heterocycles. The van der Waals surface area contributed by atoms with Crippen molar-refractivity contribution in [1.29, 1.82) is 0 Å². The Morgan fingerprint density at radius 3 is 3.11 bits per heavy atom. The molecule has 2 rings (SSSR count). The van der Waals surface area contributed by atoms with Crippen molar-refractivity contribution >= 4 is 21.6 Å². The van der Waals surface area contributed by atoms with Gasteiger partial charge in [0.15, 0.2) is 0 Å². The van der Waals surface area contributed by atoms with Crippen LogP contribution < -0.4 is 15.6 Å². The highest BCUT2D eigenvalue weighted by molar-refractivity contribution is 9.10. The van der Waals surface area contributed by atoms with Crippen molar-refractivity contribution in [1.82, 2.24) is 10.2 Å². The number of hydrogen-bond acceptors (Lipinski definition) is 4. The van der Waals surface area contributed by atoms with Gasteiger partial charge in [-0.2, -0.15) is 5.10 Å². The Hall–Kier alpha value is -1.82. The van der Waals surface area contributed by atoms with Gasteiger partial charge in [-0.3, -0.25) is 4.79 Å². The summed E-state index contributed by atoms with van der Waals surface area (Å²) >= 11 is 3.21. The number of halogens is 1. The molecule has 1 aromatic carbocycles. The second-order valence-electron chi connectivity index (χ2n) is 3.63. The van der Waals surface area contributed by atoms with Crippen molar-refractivity contribution in [3.05, 3.63) is 50.9 Å². The molecular formula is C12H12BrN3O2. The number of aromatic nitrogens is 2. The van der Waals surface area contributed by atoms with Gasteiger partial charge in [0.1, 0.15) is 10.2 Å². The van der Waals surface area contributed by atoms with E-state index >= 15 is 0 Å². The highest BCUT2D eigenvalue weighted by atomic mass is 79.9. The van der Waals surface area contributed by atoms with Crippen LogP contribution in [0, 0.1) is 0 Å². The molecule has 1 aromatic heterocycles. The summed E-state index contributed by atoms with van der Waals surface area (Å²) in [6.07, 6.45) is 1.56. The minimum atomic E-state index is -0.259. The number of hydrogen-bond donors (Lipinski definition) is 2. The van der Waals surface area contributed by atoms with Crippen LogP contribution in [0.25, 0.3) is 0 Å². The van der Waals surface area contributed by atoms with E-state index in [2.05, 4.69) is 31.4 Å². The zero-order valence-electron chi connectivity index (χ0n) is 9.74. The van der Waals surface area contributed by atoms with Crippen LogP contribution in [-0.2, 0) is 6.54 Å². The lowest BCUT2D eigenvalue weighted by atomic mass is 10.2. The predicted octanol–water partition coefficient (Wildman–Crippen LogP) is 2.15. The molecule has 0 fully saturated rings. The Kier molecular flexibility index (Phi) is 3.99. The molecule has 0 unspecified atom stereocenters. The minimum absolute atomic E-state index is 0.259. The number of H-pyrrole nitrogens is 1. The Bertz CT molecular complexity index is 598. The molecular weight excluding hydrogens is 298 g/mol. The second-order valence-corrected chi connectivity index (χ2v) is 4.42. The van der Waals surface area contributed by atoms with Crippen molar-refractivity contribution in [2.45, 2.75) is 6.54 Å². The first-order valence-corrected chi connectivity index (χ1v) is 6.10. The molecule has 0 saturated carbocycles. The number of benzene rings is 1. The first-order chi connectivity index (χ1) is 8.70. The number of rotatable bonds is 4. The third-order valence-corrected chi connectivity index (χ3v) is 3.20. The number of nitrogens with one attached hydrogen (secondary N) is 2. The Balaban J connectivity index is 2.11. The van der Waals surface area contributed by atoms with Crippen LogP contribution in [0.15, 0.2) is 39.7 Å². The van der Waals surface area contributed by atoms with Crippen LogP contribution in [0.2, 0.25) is 0 Å². The van der Waals surface area contributed by atoms with Crippen molar-refractivity contribution < 1.29 is 4.74 Å². The number of ether oxygens (including phenoxy) is 1. The van der Waals surface area contributed by atoms with E-state index < -0.39 is 0 Å². The summed E-state index contributed by atoms with van der Waals surface area (Å²) in [5.74, 6) is 0.803. The molecule has 0 atom stereocenters. The zero-order valence-corrected chi connectivity index (χ0v) is 11.3. The average Bonchev–Trinajstić information content (AvgIpc) is 2.41.